The van der Waals surface area contributed by atoms with Gasteiger partial charge in [0, 0.05) is 52.9 Å². The Kier molecular flexibility index (Phi) is 8.99. The van der Waals surface area contributed by atoms with Crippen molar-refractivity contribution in [2.24, 2.45) is 4.99 Å². The van der Waals surface area contributed by atoms with E-state index in [2.05, 4.69) is 26.2 Å². The van der Waals surface area contributed by atoms with Gasteiger partial charge in [-0.15, -0.1) is 24.0 Å². The third kappa shape index (κ3) is 6.07. The van der Waals surface area contributed by atoms with Crippen LogP contribution in [0.3, 0.4) is 0 Å². The van der Waals surface area contributed by atoms with Gasteiger partial charge in [-0.3, -0.25) is 14.7 Å². The van der Waals surface area contributed by atoms with Crippen LogP contribution in [0.25, 0.3) is 0 Å². The Balaban J connectivity index is 0.00000280. The second kappa shape index (κ2) is 11.2. The molecule has 1 N–H and O–H groups in total. The summed E-state index contributed by atoms with van der Waals surface area (Å²) in [5.41, 5.74) is 1.78. The topological polar surface area (TPSA) is 75.0 Å². The molecule has 8 heteroatoms. The number of nitrogens with one attached hydrogen (secondary N) is 1. The Labute approximate surface area is 184 Å². The van der Waals surface area contributed by atoms with Crippen LogP contribution in [0, 0.1) is 11.3 Å². The van der Waals surface area contributed by atoms with Crippen molar-refractivity contribution in [2.45, 2.75) is 19.4 Å². The summed E-state index contributed by atoms with van der Waals surface area (Å²) in [5, 5.41) is 12.3. The summed E-state index contributed by atoms with van der Waals surface area (Å²) < 4.78 is 0. The number of likely N-dealkylation sites (tertiary alicyclic amines) is 1. The highest BCUT2D eigenvalue weighted by Gasteiger charge is 2.24. The van der Waals surface area contributed by atoms with Crippen LogP contribution in [0.4, 0.5) is 0 Å². The molecule has 2 aliphatic heterocycles. The number of guanidine groups is 1. The van der Waals surface area contributed by atoms with Crippen molar-refractivity contribution in [3.8, 4) is 6.07 Å². The van der Waals surface area contributed by atoms with E-state index in [0.717, 1.165) is 63.6 Å². The number of carbonyl (C=O) groups is 1. The van der Waals surface area contributed by atoms with Crippen molar-refractivity contribution in [2.75, 3.05) is 52.9 Å². The number of rotatable bonds is 4. The van der Waals surface area contributed by atoms with E-state index in [9.17, 15) is 4.79 Å². The molecule has 1 amide bonds. The number of halogens is 1. The summed E-state index contributed by atoms with van der Waals surface area (Å²) in [6, 6.07) is 9.71. The molecule has 2 saturated heterocycles. The van der Waals surface area contributed by atoms with Gasteiger partial charge in [-0.1, -0.05) is 12.1 Å². The van der Waals surface area contributed by atoms with Gasteiger partial charge in [0.1, 0.15) is 0 Å². The van der Waals surface area contributed by atoms with Crippen LogP contribution in [0.1, 0.15) is 24.0 Å². The van der Waals surface area contributed by atoms with E-state index < -0.39 is 0 Å². The summed E-state index contributed by atoms with van der Waals surface area (Å²) >= 11 is 0. The van der Waals surface area contributed by atoms with Crippen LogP contribution < -0.4 is 5.32 Å². The lowest BCUT2D eigenvalue weighted by molar-refractivity contribution is -0.131. The van der Waals surface area contributed by atoms with Crippen LogP contribution in [-0.4, -0.2) is 79.4 Å². The number of hydrogen-bond acceptors (Lipinski definition) is 4. The highest BCUT2D eigenvalue weighted by Crippen LogP contribution is 2.10. The average Bonchev–Trinajstić information content (AvgIpc) is 3.25. The highest BCUT2D eigenvalue weighted by atomic mass is 127. The molecule has 0 unspecified atom stereocenters. The number of nitriles is 1. The maximum Gasteiger partial charge on any atom is 0.236 e. The molecular formula is C20H29IN6O. The number of aliphatic imine (C=N–C) groups is 1. The van der Waals surface area contributed by atoms with Crippen molar-refractivity contribution < 1.29 is 4.79 Å². The Hall–Kier alpha value is -1.86. The predicted molar refractivity (Wildman–Crippen MR) is 121 cm³/mol. The highest BCUT2D eigenvalue weighted by molar-refractivity contribution is 14.0. The number of hydrogen-bond donors (Lipinski definition) is 1. The van der Waals surface area contributed by atoms with Gasteiger partial charge in [0.05, 0.1) is 18.2 Å². The zero-order valence-corrected chi connectivity index (χ0v) is 18.8. The second-order valence-corrected chi connectivity index (χ2v) is 7.06. The maximum atomic E-state index is 12.3. The fourth-order valence-corrected chi connectivity index (χ4v) is 3.59. The molecule has 0 radical (unpaired) electrons. The van der Waals surface area contributed by atoms with Crippen LogP contribution in [0.15, 0.2) is 29.3 Å². The van der Waals surface area contributed by atoms with Gasteiger partial charge in [0.2, 0.25) is 5.91 Å². The SMILES string of the molecule is CN=C(NCc1ccc(C#N)cc1)N1CCN(CC(=O)N2CCCC2)CC1.I. The first-order valence-corrected chi connectivity index (χ1v) is 9.64. The molecular weight excluding hydrogens is 467 g/mol. The third-order valence-electron chi connectivity index (χ3n) is 5.23. The van der Waals surface area contributed by atoms with Gasteiger partial charge >= 0.3 is 0 Å². The fourth-order valence-electron chi connectivity index (χ4n) is 3.59. The Morgan fingerprint density at radius 1 is 1.07 bits per heavy atom. The molecule has 0 atom stereocenters. The quantitative estimate of drug-likeness (QED) is 0.389. The van der Waals surface area contributed by atoms with E-state index in [-0.39, 0.29) is 29.9 Å². The molecule has 0 aliphatic carbocycles. The van der Waals surface area contributed by atoms with E-state index in [0.29, 0.717) is 18.7 Å². The molecule has 28 heavy (non-hydrogen) atoms. The zero-order chi connectivity index (χ0) is 19.1. The monoisotopic (exact) mass is 496 g/mol. The van der Waals surface area contributed by atoms with E-state index in [1.54, 1.807) is 7.05 Å². The normalized spacial score (nSPS) is 17.8. The van der Waals surface area contributed by atoms with E-state index in [4.69, 9.17) is 5.26 Å². The smallest absolute Gasteiger partial charge is 0.236 e. The number of piperazine rings is 1. The Morgan fingerprint density at radius 2 is 1.71 bits per heavy atom. The fraction of sp³-hybridized carbons (Fsp3) is 0.550. The van der Waals surface area contributed by atoms with Gasteiger partial charge in [0.25, 0.3) is 0 Å². The largest absolute Gasteiger partial charge is 0.352 e. The molecule has 152 valence electrons. The van der Waals surface area contributed by atoms with Crippen molar-refractivity contribution in [3.63, 3.8) is 0 Å². The number of carbonyl (C=O) groups excluding carboxylic acids is 1. The Bertz CT molecular complexity index is 700. The molecule has 2 heterocycles. The third-order valence-corrected chi connectivity index (χ3v) is 5.23. The lowest BCUT2D eigenvalue weighted by Gasteiger charge is -2.36. The molecule has 2 fully saturated rings. The minimum absolute atomic E-state index is 0. The predicted octanol–water partition coefficient (Wildman–Crippen LogP) is 1.49. The molecule has 2 aliphatic rings. The van der Waals surface area contributed by atoms with Crippen molar-refractivity contribution in [3.05, 3.63) is 35.4 Å². The minimum Gasteiger partial charge on any atom is -0.352 e. The molecule has 1 aromatic rings. The second-order valence-electron chi connectivity index (χ2n) is 7.06. The average molecular weight is 496 g/mol. The summed E-state index contributed by atoms with van der Waals surface area (Å²) in [7, 11) is 1.80. The molecule has 0 saturated carbocycles. The standard InChI is InChI=1S/C20H28N6O.HI/c1-22-20(23-15-18-6-4-17(14-21)5-7-18)26-12-10-24(11-13-26)16-19(27)25-8-2-3-9-25;/h4-7H,2-3,8-13,15-16H2,1H3,(H,22,23);1H. The number of amides is 1. The lowest BCUT2D eigenvalue weighted by atomic mass is 10.1. The molecule has 0 spiro atoms. The van der Waals surface area contributed by atoms with Crippen molar-refractivity contribution in [1.82, 2.24) is 20.0 Å². The summed E-state index contributed by atoms with van der Waals surface area (Å²) in [5.74, 6) is 1.15. The van der Waals surface area contributed by atoms with E-state index in [1.807, 2.05) is 29.2 Å². The zero-order valence-electron chi connectivity index (χ0n) is 16.4. The first-order chi connectivity index (χ1) is 13.2. The molecule has 0 aromatic heterocycles. The maximum absolute atomic E-state index is 12.3. The first-order valence-electron chi connectivity index (χ1n) is 9.64. The van der Waals surface area contributed by atoms with Crippen LogP contribution in [0.5, 0.6) is 0 Å². The van der Waals surface area contributed by atoms with Gasteiger partial charge < -0.3 is 15.1 Å². The van der Waals surface area contributed by atoms with Gasteiger partial charge in [-0.2, -0.15) is 5.26 Å². The number of nitrogens with zero attached hydrogens (tertiary/aromatic N) is 5. The molecule has 0 bridgehead atoms. The summed E-state index contributed by atoms with van der Waals surface area (Å²) in [6.07, 6.45) is 2.28. The van der Waals surface area contributed by atoms with Gasteiger partial charge in [-0.05, 0) is 30.5 Å². The van der Waals surface area contributed by atoms with Crippen molar-refractivity contribution >= 4 is 35.8 Å². The molecule has 7 nitrogen and oxygen atoms in total. The van der Waals surface area contributed by atoms with Gasteiger partial charge in [-0.25, -0.2) is 0 Å². The first kappa shape index (κ1) is 22.4. The van der Waals surface area contributed by atoms with Crippen molar-refractivity contribution in [1.29, 1.82) is 5.26 Å². The Morgan fingerprint density at radius 3 is 2.29 bits per heavy atom. The van der Waals surface area contributed by atoms with Crippen LogP contribution in [-0.2, 0) is 11.3 Å². The van der Waals surface area contributed by atoms with E-state index >= 15 is 0 Å². The summed E-state index contributed by atoms with van der Waals surface area (Å²) in [4.78, 5) is 23.2. The molecule has 3 rings (SSSR count). The minimum atomic E-state index is 0. The van der Waals surface area contributed by atoms with Gasteiger partial charge in [0.15, 0.2) is 5.96 Å². The number of benzene rings is 1. The van der Waals surface area contributed by atoms with Crippen LogP contribution >= 0.6 is 24.0 Å². The van der Waals surface area contributed by atoms with Crippen LogP contribution in [0.2, 0.25) is 0 Å². The molecule has 1 aromatic carbocycles. The summed E-state index contributed by atoms with van der Waals surface area (Å²) in [6.45, 7) is 6.52. The lowest BCUT2D eigenvalue weighted by Crippen LogP contribution is -2.54. The van der Waals surface area contributed by atoms with E-state index in [1.165, 1.54) is 0 Å².